The monoisotopic (exact) mass is 478 g/mol. The van der Waals surface area contributed by atoms with E-state index in [9.17, 15) is 9.59 Å². The van der Waals surface area contributed by atoms with E-state index in [0.717, 1.165) is 55.2 Å². The van der Waals surface area contributed by atoms with Crippen LogP contribution in [0.2, 0.25) is 0 Å². The van der Waals surface area contributed by atoms with Crippen molar-refractivity contribution in [1.29, 1.82) is 0 Å². The van der Waals surface area contributed by atoms with Gasteiger partial charge in [0.1, 0.15) is 5.75 Å². The Kier molecular flexibility index (Phi) is 8.78. The summed E-state index contributed by atoms with van der Waals surface area (Å²) in [4.78, 5) is 29.2. The second-order valence-corrected chi connectivity index (χ2v) is 10.1. The van der Waals surface area contributed by atoms with Crippen LogP contribution in [0.4, 0.5) is 0 Å². The molecule has 0 saturated heterocycles. The Hall–Kier alpha value is -2.89. The molecular formula is C29H38N2O4. The third kappa shape index (κ3) is 6.83. The van der Waals surface area contributed by atoms with Crippen LogP contribution in [0.25, 0.3) is 0 Å². The third-order valence-corrected chi connectivity index (χ3v) is 7.69. The molecule has 1 amide bonds. The molecule has 0 spiro atoms. The maximum absolute atomic E-state index is 12.9. The van der Waals surface area contributed by atoms with E-state index in [1.165, 1.54) is 39.2 Å². The molecule has 0 aliphatic heterocycles. The number of amides is 1. The quantitative estimate of drug-likeness (QED) is 0.449. The minimum absolute atomic E-state index is 0.00925. The third-order valence-electron chi connectivity index (χ3n) is 7.69. The number of methoxy groups -OCH3 is 1. The molecule has 4 rings (SSSR count). The second-order valence-electron chi connectivity index (χ2n) is 10.1. The van der Waals surface area contributed by atoms with Crippen molar-refractivity contribution in [3.8, 4) is 5.75 Å². The number of nitrogens with zero attached hydrogens (tertiary/aromatic N) is 1. The molecule has 2 aromatic rings. The highest BCUT2D eigenvalue weighted by molar-refractivity contribution is 5.89. The van der Waals surface area contributed by atoms with Crippen LogP contribution in [-0.2, 0) is 9.53 Å². The van der Waals surface area contributed by atoms with Crippen LogP contribution in [0.15, 0.2) is 42.6 Å². The zero-order chi connectivity index (χ0) is 24.6. The number of hydrogen-bond acceptors (Lipinski definition) is 5. The number of carbonyl (C=O) groups is 2. The van der Waals surface area contributed by atoms with Crippen LogP contribution in [0.3, 0.4) is 0 Å². The van der Waals surface area contributed by atoms with Crippen LogP contribution in [0, 0.1) is 11.8 Å². The fourth-order valence-electron chi connectivity index (χ4n) is 5.47. The largest absolute Gasteiger partial charge is 0.492 e. The van der Waals surface area contributed by atoms with E-state index < -0.39 is 0 Å². The first-order valence-electron chi connectivity index (χ1n) is 13.1. The summed E-state index contributed by atoms with van der Waals surface area (Å²) in [6.07, 6.45) is 12.4. The fraction of sp³-hybridized carbons (Fsp3) is 0.552. The fourth-order valence-corrected chi connectivity index (χ4v) is 5.47. The van der Waals surface area contributed by atoms with Crippen LogP contribution in [-0.4, -0.2) is 30.6 Å². The molecule has 1 aromatic carbocycles. The van der Waals surface area contributed by atoms with Gasteiger partial charge < -0.3 is 14.8 Å². The highest BCUT2D eigenvalue weighted by Crippen LogP contribution is 2.38. The number of ether oxygens (including phenoxy) is 2. The molecule has 2 aliphatic rings. The molecule has 35 heavy (non-hydrogen) atoms. The number of benzene rings is 1. The van der Waals surface area contributed by atoms with Gasteiger partial charge in [0.2, 0.25) is 5.91 Å². The lowest BCUT2D eigenvalue weighted by Gasteiger charge is -2.21. The van der Waals surface area contributed by atoms with Crippen molar-refractivity contribution in [1.82, 2.24) is 10.3 Å². The van der Waals surface area contributed by atoms with Gasteiger partial charge in [-0.3, -0.25) is 9.78 Å². The van der Waals surface area contributed by atoms with E-state index in [1.54, 1.807) is 12.1 Å². The first-order valence-corrected chi connectivity index (χ1v) is 13.1. The smallest absolute Gasteiger partial charge is 0.337 e. The first kappa shape index (κ1) is 25.2. The summed E-state index contributed by atoms with van der Waals surface area (Å²) in [5, 5.41) is 3.14. The Morgan fingerprint density at radius 2 is 1.80 bits per heavy atom. The average Bonchev–Trinajstić information content (AvgIpc) is 3.40. The van der Waals surface area contributed by atoms with Crippen LogP contribution in [0.5, 0.6) is 5.75 Å². The van der Waals surface area contributed by atoms with Gasteiger partial charge in [0.05, 0.1) is 31.5 Å². The van der Waals surface area contributed by atoms with Crippen LogP contribution >= 0.6 is 0 Å². The van der Waals surface area contributed by atoms with Crippen molar-refractivity contribution >= 4 is 11.9 Å². The molecule has 2 unspecified atom stereocenters. The van der Waals surface area contributed by atoms with Crippen molar-refractivity contribution < 1.29 is 19.1 Å². The van der Waals surface area contributed by atoms with E-state index in [1.807, 2.05) is 31.3 Å². The molecule has 2 fully saturated rings. The van der Waals surface area contributed by atoms with Gasteiger partial charge in [-0.2, -0.15) is 0 Å². The van der Waals surface area contributed by atoms with Gasteiger partial charge in [0, 0.05) is 17.5 Å². The predicted octanol–water partition coefficient (Wildman–Crippen LogP) is 5.98. The summed E-state index contributed by atoms with van der Waals surface area (Å²) in [5.74, 6) is 1.67. The number of hydrogen-bond donors (Lipinski definition) is 1. The summed E-state index contributed by atoms with van der Waals surface area (Å²) in [6, 6.07) is 11.1. The Morgan fingerprint density at radius 1 is 1.03 bits per heavy atom. The first-order chi connectivity index (χ1) is 17.0. The van der Waals surface area contributed by atoms with E-state index in [4.69, 9.17) is 9.47 Å². The standard InChI is InChI=1S/C29H38N2O4/c1-20(22-8-10-23(11-9-22)29(33)34-2)31-28(32)25-13-12-24(18-25)27-15-14-26(19-30-27)35-17-16-21-6-4-3-5-7-21/h8-11,14-15,19-21,24-25H,3-7,12-13,16-18H2,1-2H3,(H,31,32)/t20-,24?,25?/m0/s1. The van der Waals surface area contributed by atoms with Crippen molar-refractivity contribution in [2.75, 3.05) is 13.7 Å². The molecule has 188 valence electrons. The molecule has 2 saturated carbocycles. The topological polar surface area (TPSA) is 77.5 Å². The molecule has 1 heterocycles. The molecule has 3 atom stereocenters. The normalized spacial score (nSPS) is 21.3. The molecule has 6 nitrogen and oxygen atoms in total. The lowest BCUT2D eigenvalue weighted by atomic mass is 9.87. The van der Waals surface area contributed by atoms with E-state index in [2.05, 4.69) is 16.4 Å². The lowest BCUT2D eigenvalue weighted by Crippen LogP contribution is -2.31. The van der Waals surface area contributed by atoms with Gasteiger partial charge in [-0.15, -0.1) is 0 Å². The summed E-state index contributed by atoms with van der Waals surface area (Å²) in [6.45, 7) is 2.73. The number of nitrogens with one attached hydrogen (secondary N) is 1. The van der Waals surface area contributed by atoms with E-state index in [0.29, 0.717) is 11.5 Å². The average molecular weight is 479 g/mol. The van der Waals surface area contributed by atoms with E-state index >= 15 is 0 Å². The second kappa shape index (κ2) is 12.2. The summed E-state index contributed by atoms with van der Waals surface area (Å²) in [7, 11) is 1.37. The Bertz CT molecular complexity index is 967. The van der Waals surface area contributed by atoms with E-state index in [-0.39, 0.29) is 23.8 Å². The SMILES string of the molecule is COC(=O)c1ccc([C@H](C)NC(=O)C2CCC(c3ccc(OCCC4CCCCC4)cn3)C2)cc1. The number of aromatic nitrogens is 1. The zero-order valence-corrected chi connectivity index (χ0v) is 21.0. The van der Waals surface area contributed by atoms with Crippen LogP contribution in [0.1, 0.15) is 98.3 Å². The highest BCUT2D eigenvalue weighted by Gasteiger charge is 2.32. The molecule has 0 bridgehead atoms. The summed E-state index contributed by atoms with van der Waals surface area (Å²) < 4.78 is 10.7. The minimum atomic E-state index is -0.363. The maximum atomic E-state index is 12.9. The summed E-state index contributed by atoms with van der Waals surface area (Å²) in [5.41, 5.74) is 2.51. The Labute approximate surface area is 208 Å². The zero-order valence-electron chi connectivity index (χ0n) is 21.0. The number of esters is 1. The van der Waals surface area contributed by atoms with Gasteiger partial charge >= 0.3 is 5.97 Å². The molecule has 1 N–H and O–H groups in total. The lowest BCUT2D eigenvalue weighted by molar-refractivity contribution is -0.125. The molecule has 1 aromatic heterocycles. The highest BCUT2D eigenvalue weighted by atomic mass is 16.5. The van der Waals surface area contributed by atoms with Gasteiger partial charge in [0.25, 0.3) is 0 Å². The predicted molar refractivity (Wildman–Crippen MR) is 135 cm³/mol. The maximum Gasteiger partial charge on any atom is 0.337 e. The molecule has 2 aliphatic carbocycles. The molecule has 6 heteroatoms. The molecular weight excluding hydrogens is 440 g/mol. The minimum Gasteiger partial charge on any atom is -0.492 e. The Morgan fingerprint density at radius 3 is 2.49 bits per heavy atom. The number of pyridine rings is 1. The number of rotatable bonds is 9. The number of carbonyl (C=O) groups excluding carboxylic acids is 2. The Balaban J connectivity index is 1.22. The van der Waals surface area contributed by atoms with Gasteiger partial charge in [-0.05, 0) is 68.4 Å². The van der Waals surface area contributed by atoms with Crippen molar-refractivity contribution in [3.05, 3.63) is 59.4 Å². The van der Waals surface area contributed by atoms with Crippen molar-refractivity contribution in [2.45, 2.75) is 76.7 Å². The van der Waals surface area contributed by atoms with Crippen LogP contribution < -0.4 is 10.1 Å². The van der Waals surface area contributed by atoms with Crippen molar-refractivity contribution in [3.63, 3.8) is 0 Å². The summed E-state index contributed by atoms with van der Waals surface area (Å²) >= 11 is 0. The molecule has 0 radical (unpaired) electrons. The van der Waals surface area contributed by atoms with Crippen molar-refractivity contribution in [2.24, 2.45) is 11.8 Å². The van der Waals surface area contributed by atoms with Gasteiger partial charge in [0.15, 0.2) is 0 Å². The van der Waals surface area contributed by atoms with Gasteiger partial charge in [-0.25, -0.2) is 4.79 Å². The van der Waals surface area contributed by atoms with Gasteiger partial charge in [-0.1, -0.05) is 44.2 Å².